The van der Waals surface area contributed by atoms with Crippen LogP contribution >= 0.6 is 11.6 Å². The van der Waals surface area contributed by atoms with Crippen molar-refractivity contribution in [3.8, 4) is 0 Å². The van der Waals surface area contributed by atoms with Crippen LogP contribution in [-0.2, 0) is 0 Å². The Kier molecular flexibility index (Phi) is 5.10. The Morgan fingerprint density at radius 1 is 1.40 bits per heavy atom. The largest absolute Gasteiger partial charge is 0.391 e. The van der Waals surface area contributed by atoms with Crippen molar-refractivity contribution in [2.75, 3.05) is 0 Å². The zero-order valence-electron chi connectivity index (χ0n) is 6.97. The second-order valence-corrected chi connectivity index (χ2v) is 3.62. The van der Waals surface area contributed by atoms with Gasteiger partial charge in [0.1, 0.15) is 0 Å². The highest BCUT2D eigenvalue weighted by Gasteiger charge is 2.17. The molecule has 0 rings (SSSR count). The molecule has 10 heavy (non-hydrogen) atoms. The van der Waals surface area contributed by atoms with Crippen molar-refractivity contribution in [1.29, 1.82) is 0 Å². The summed E-state index contributed by atoms with van der Waals surface area (Å²) in [6.07, 6.45) is 1.82. The number of rotatable bonds is 4. The summed E-state index contributed by atoms with van der Waals surface area (Å²) in [5, 5.41) is 9.27. The van der Waals surface area contributed by atoms with Gasteiger partial charge in [-0.2, -0.15) is 0 Å². The van der Waals surface area contributed by atoms with E-state index in [2.05, 4.69) is 6.92 Å². The third-order valence-electron chi connectivity index (χ3n) is 1.80. The summed E-state index contributed by atoms with van der Waals surface area (Å²) in [6.45, 7) is 5.98. The fraction of sp³-hybridized carbons (Fsp3) is 1.00. The third kappa shape index (κ3) is 3.43. The molecule has 1 N–H and O–H groups in total. The van der Waals surface area contributed by atoms with Crippen LogP contribution in [0.15, 0.2) is 0 Å². The lowest BCUT2D eigenvalue weighted by atomic mass is 9.97. The molecule has 2 heteroatoms. The molecule has 0 bridgehead atoms. The minimum atomic E-state index is -0.346. The predicted octanol–water partition coefficient (Wildman–Crippen LogP) is 2.41. The van der Waals surface area contributed by atoms with E-state index in [-0.39, 0.29) is 11.5 Å². The van der Waals surface area contributed by atoms with Crippen LogP contribution in [0.2, 0.25) is 0 Å². The highest BCUT2D eigenvalue weighted by atomic mass is 35.5. The van der Waals surface area contributed by atoms with Crippen molar-refractivity contribution in [2.45, 2.75) is 45.1 Å². The zero-order chi connectivity index (χ0) is 8.15. The van der Waals surface area contributed by atoms with Gasteiger partial charge in [0.15, 0.2) is 0 Å². The van der Waals surface area contributed by atoms with Crippen molar-refractivity contribution in [3.05, 3.63) is 0 Å². The van der Waals surface area contributed by atoms with Gasteiger partial charge in [-0.25, -0.2) is 0 Å². The maximum Gasteiger partial charge on any atom is 0.0726 e. The van der Waals surface area contributed by atoms with Crippen LogP contribution < -0.4 is 0 Å². The van der Waals surface area contributed by atoms with Crippen LogP contribution in [0.5, 0.6) is 0 Å². The van der Waals surface area contributed by atoms with E-state index in [0.717, 1.165) is 12.8 Å². The van der Waals surface area contributed by atoms with E-state index >= 15 is 0 Å². The molecule has 0 aromatic rings. The van der Waals surface area contributed by atoms with Gasteiger partial charge >= 0.3 is 0 Å². The van der Waals surface area contributed by atoms with Crippen LogP contribution in [-0.4, -0.2) is 16.6 Å². The summed E-state index contributed by atoms with van der Waals surface area (Å²) in [6, 6.07) is 0. The second-order valence-electron chi connectivity index (χ2n) is 2.93. The molecule has 0 radical (unpaired) electrons. The van der Waals surface area contributed by atoms with Gasteiger partial charge in [-0.1, -0.05) is 20.3 Å². The molecule has 0 aliphatic carbocycles. The summed E-state index contributed by atoms with van der Waals surface area (Å²) in [4.78, 5) is 0. The van der Waals surface area contributed by atoms with Gasteiger partial charge in [0.2, 0.25) is 0 Å². The van der Waals surface area contributed by atoms with Crippen LogP contribution in [0.4, 0.5) is 0 Å². The van der Waals surface area contributed by atoms with E-state index in [9.17, 15) is 5.11 Å². The summed E-state index contributed by atoms with van der Waals surface area (Å²) < 4.78 is 0. The van der Waals surface area contributed by atoms with Crippen LogP contribution in [0.25, 0.3) is 0 Å². The maximum absolute atomic E-state index is 9.39. The van der Waals surface area contributed by atoms with Crippen molar-refractivity contribution in [1.82, 2.24) is 0 Å². The smallest absolute Gasteiger partial charge is 0.0726 e. The molecular weight excluding hydrogens is 148 g/mol. The van der Waals surface area contributed by atoms with Crippen molar-refractivity contribution >= 4 is 11.6 Å². The Bertz CT molecular complexity index is 83.3. The molecule has 0 aromatic heterocycles. The average Bonchev–Trinajstić information content (AvgIpc) is 1.87. The average molecular weight is 165 g/mol. The molecule has 0 spiro atoms. The Morgan fingerprint density at radius 3 is 2.20 bits per heavy atom. The first-order chi connectivity index (χ1) is 4.59. The summed E-state index contributed by atoms with van der Waals surface area (Å²) in [5.41, 5.74) is 0. The van der Waals surface area contributed by atoms with Crippen molar-refractivity contribution in [2.24, 2.45) is 5.92 Å². The molecule has 0 aliphatic heterocycles. The number of hydrogen-bond acceptors (Lipinski definition) is 1. The van der Waals surface area contributed by atoms with Crippen LogP contribution in [0.1, 0.15) is 33.6 Å². The summed E-state index contributed by atoms with van der Waals surface area (Å²) in [5.74, 6) is 0.331. The van der Waals surface area contributed by atoms with Gasteiger partial charge in [-0.3, -0.25) is 0 Å². The molecule has 3 atom stereocenters. The van der Waals surface area contributed by atoms with E-state index in [4.69, 9.17) is 11.6 Å². The lowest BCUT2D eigenvalue weighted by Crippen LogP contribution is -2.25. The molecule has 0 aromatic carbocycles. The molecule has 62 valence electrons. The topological polar surface area (TPSA) is 20.2 Å². The van der Waals surface area contributed by atoms with E-state index in [1.165, 1.54) is 0 Å². The minimum absolute atomic E-state index is 0.124. The van der Waals surface area contributed by atoms with E-state index in [1.807, 2.05) is 13.8 Å². The second kappa shape index (κ2) is 4.97. The van der Waals surface area contributed by atoms with Crippen molar-refractivity contribution in [3.63, 3.8) is 0 Å². The SMILES string of the molecule is CCCC(C)C(O)C(C)Cl. The highest BCUT2D eigenvalue weighted by molar-refractivity contribution is 6.20. The lowest BCUT2D eigenvalue weighted by molar-refractivity contribution is 0.111. The van der Waals surface area contributed by atoms with Crippen LogP contribution in [0, 0.1) is 5.92 Å². The summed E-state index contributed by atoms with van der Waals surface area (Å²) >= 11 is 5.71. The molecule has 0 heterocycles. The Balaban J connectivity index is 3.58. The minimum Gasteiger partial charge on any atom is -0.391 e. The fourth-order valence-electron chi connectivity index (χ4n) is 1.08. The number of aliphatic hydroxyl groups excluding tert-OH is 1. The fourth-order valence-corrected chi connectivity index (χ4v) is 1.33. The van der Waals surface area contributed by atoms with Gasteiger partial charge in [0, 0.05) is 0 Å². The first-order valence-electron chi connectivity index (χ1n) is 3.91. The van der Waals surface area contributed by atoms with E-state index < -0.39 is 0 Å². The van der Waals surface area contributed by atoms with E-state index in [0.29, 0.717) is 5.92 Å². The lowest BCUT2D eigenvalue weighted by Gasteiger charge is -2.19. The quantitative estimate of drug-likeness (QED) is 0.633. The monoisotopic (exact) mass is 164 g/mol. The number of alkyl halides is 1. The van der Waals surface area contributed by atoms with Crippen LogP contribution in [0.3, 0.4) is 0 Å². The number of hydrogen-bond donors (Lipinski definition) is 1. The molecule has 0 saturated heterocycles. The number of halogens is 1. The molecular formula is C8H17ClO. The van der Waals surface area contributed by atoms with Crippen molar-refractivity contribution < 1.29 is 5.11 Å². The molecule has 0 amide bonds. The molecule has 0 aliphatic rings. The molecule has 3 unspecified atom stereocenters. The van der Waals surface area contributed by atoms with Gasteiger partial charge in [0.25, 0.3) is 0 Å². The molecule has 0 saturated carbocycles. The Hall–Kier alpha value is 0.250. The highest BCUT2D eigenvalue weighted by Crippen LogP contribution is 2.16. The first kappa shape index (κ1) is 10.2. The van der Waals surface area contributed by atoms with Gasteiger partial charge in [-0.15, -0.1) is 11.6 Å². The third-order valence-corrected chi connectivity index (χ3v) is 2.06. The first-order valence-corrected chi connectivity index (χ1v) is 4.35. The number of aliphatic hydroxyl groups is 1. The normalized spacial score (nSPS) is 20.1. The molecule has 0 fully saturated rings. The summed E-state index contributed by atoms with van der Waals surface area (Å²) in [7, 11) is 0. The van der Waals surface area contributed by atoms with Gasteiger partial charge in [-0.05, 0) is 19.3 Å². The maximum atomic E-state index is 9.39. The standard InChI is InChI=1S/C8H17ClO/c1-4-5-6(2)8(10)7(3)9/h6-8,10H,4-5H2,1-3H3. The van der Waals surface area contributed by atoms with Gasteiger partial charge in [0.05, 0.1) is 11.5 Å². The van der Waals surface area contributed by atoms with Gasteiger partial charge < -0.3 is 5.11 Å². The predicted molar refractivity (Wildman–Crippen MR) is 45.4 cm³/mol. The Labute approximate surface area is 68.4 Å². The van der Waals surface area contributed by atoms with E-state index in [1.54, 1.807) is 0 Å². The Morgan fingerprint density at radius 2 is 1.90 bits per heavy atom. The molecule has 1 nitrogen and oxygen atoms in total. The zero-order valence-corrected chi connectivity index (χ0v) is 7.73.